The highest BCUT2D eigenvalue weighted by atomic mass is 16.1. The number of rotatable bonds is 0. The summed E-state index contributed by atoms with van der Waals surface area (Å²) in [6.07, 6.45) is 4.38. The van der Waals surface area contributed by atoms with Crippen LogP contribution < -0.4 is 5.32 Å². The fourth-order valence-electron chi connectivity index (χ4n) is 1.98. The molecule has 3 rings (SSSR count). The fourth-order valence-corrected chi connectivity index (χ4v) is 1.98. The Hall–Kier alpha value is -0.370. The first-order chi connectivity index (χ1) is 4.86. The molecule has 2 aliphatic heterocycles. The molecule has 2 saturated heterocycles. The van der Waals surface area contributed by atoms with Crippen molar-refractivity contribution in [1.29, 1.82) is 0 Å². The fraction of sp³-hybridized carbons (Fsp3) is 0.875. The van der Waals surface area contributed by atoms with Gasteiger partial charge in [-0.3, -0.25) is 4.79 Å². The van der Waals surface area contributed by atoms with Crippen LogP contribution in [0.2, 0.25) is 0 Å². The normalized spacial score (nSPS) is 39.8. The molecule has 0 aromatic rings. The van der Waals surface area contributed by atoms with Crippen LogP contribution in [0.25, 0.3) is 0 Å². The molecule has 1 aliphatic carbocycles. The van der Waals surface area contributed by atoms with Gasteiger partial charge in [0.1, 0.15) is 5.78 Å². The molecule has 1 saturated carbocycles. The van der Waals surface area contributed by atoms with Crippen molar-refractivity contribution in [2.75, 3.05) is 6.54 Å². The second-order valence-electron chi connectivity index (χ2n) is 3.40. The molecule has 2 unspecified atom stereocenters. The third-order valence-corrected chi connectivity index (χ3v) is 2.66. The average Bonchev–Trinajstić information content (AvgIpc) is 2.20. The Labute approximate surface area is 61.0 Å². The number of carbonyl (C=O) groups is 1. The summed E-state index contributed by atoms with van der Waals surface area (Å²) >= 11 is 0. The summed E-state index contributed by atoms with van der Waals surface area (Å²) < 4.78 is 0. The van der Waals surface area contributed by atoms with Gasteiger partial charge in [0.15, 0.2) is 0 Å². The van der Waals surface area contributed by atoms with Crippen molar-refractivity contribution in [1.82, 2.24) is 5.32 Å². The molecule has 56 valence electrons. The van der Waals surface area contributed by atoms with Crippen molar-refractivity contribution in [2.24, 2.45) is 5.92 Å². The van der Waals surface area contributed by atoms with E-state index in [1.165, 1.54) is 12.8 Å². The molecule has 0 radical (unpaired) electrons. The predicted octanol–water partition coefficient (Wildman–Crippen LogP) is 0.718. The lowest BCUT2D eigenvalue weighted by Gasteiger charge is -2.23. The summed E-state index contributed by atoms with van der Waals surface area (Å²) in [6, 6.07) is 0.520. The van der Waals surface area contributed by atoms with Gasteiger partial charge in [0, 0.05) is 24.9 Å². The van der Waals surface area contributed by atoms with Crippen LogP contribution in [0.15, 0.2) is 0 Å². The minimum absolute atomic E-state index is 0.360. The Bertz CT molecular complexity index is 151. The molecule has 0 aromatic carbocycles. The van der Waals surface area contributed by atoms with E-state index in [0.717, 1.165) is 19.4 Å². The Morgan fingerprint density at radius 2 is 2.30 bits per heavy atom. The SMILES string of the molecule is O=C1CC2CCCC1CN2. The Kier molecular flexibility index (Phi) is 1.49. The van der Waals surface area contributed by atoms with Gasteiger partial charge in [-0.05, 0) is 12.8 Å². The highest BCUT2D eigenvalue weighted by molar-refractivity contribution is 5.82. The van der Waals surface area contributed by atoms with Crippen molar-refractivity contribution in [2.45, 2.75) is 31.7 Å². The lowest BCUT2D eigenvalue weighted by Crippen LogP contribution is -2.41. The van der Waals surface area contributed by atoms with Crippen LogP contribution in [0, 0.1) is 5.92 Å². The molecular formula is C8H13NO. The topological polar surface area (TPSA) is 29.1 Å². The third-order valence-electron chi connectivity index (χ3n) is 2.66. The third kappa shape index (κ3) is 0.966. The molecule has 2 atom stereocenters. The van der Waals surface area contributed by atoms with Gasteiger partial charge in [0.25, 0.3) is 0 Å². The second-order valence-corrected chi connectivity index (χ2v) is 3.40. The predicted molar refractivity (Wildman–Crippen MR) is 38.8 cm³/mol. The first kappa shape index (κ1) is 6.35. The standard InChI is InChI=1S/C8H13NO/c10-8-4-7-3-1-2-6(8)5-9-7/h6-7,9H,1-5H2. The van der Waals surface area contributed by atoms with Gasteiger partial charge in [0.05, 0.1) is 0 Å². The van der Waals surface area contributed by atoms with Crippen molar-refractivity contribution in [3.8, 4) is 0 Å². The summed E-state index contributed by atoms with van der Waals surface area (Å²) in [7, 11) is 0. The van der Waals surface area contributed by atoms with Crippen molar-refractivity contribution >= 4 is 5.78 Å². The lowest BCUT2D eigenvalue weighted by atomic mass is 9.95. The molecule has 0 amide bonds. The van der Waals surface area contributed by atoms with Crippen LogP contribution in [0.4, 0.5) is 0 Å². The van der Waals surface area contributed by atoms with Gasteiger partial charge in [-0.2, -0.15) is 0 Å². The van der Waals surface area contributed by atoms with E-state index in [0.29, 0.717) is 17.7 Å². The van der Waals surface area contributed by atoms with E-state index in [-0.39, 0.29) is 0 Å². The Balaban J connectivity index is 2.15. The number of Topliss-reactive ketones (excluding diaryl/α,β-unsaturated/α-hetero) is 1. The first-order valence-corrected chi connectivity index (χ1v) is 4.12. The molecule has 3 fully saturated rings. The average molecular weight is 139 g/mol. The molecule has 2 heterocycles. The van der Waals surface area contributed by atoms with E-state index in [9.17, 15) is 4.79 Å². The largest absolute Gasteiger partial charge is 0.313 e. The van der Waals surface area contributed by atoms with Gasteiger partial charge >= 0.3 is 0 Å². The lowest BCUT2D eigenvalue weighted by molar-refractivity contribution is -0.124. The quantitative estimate of drug-likeness (QED) is 0.535. The number of piperidine rings is 1. The monoisotopic (exact) mass is 139 g/mol. The maximum absolute atomic E-state index is 11.2. The van der Waals surface area contributed by atoms with Crippen LogP contribution >= 0.6 is 0 Å². The minimum atomic E-state index is 0.360. The van der Waals surface area contributed by atoms with E-state index in [4.69, 9.17) is 0 Å². The van der Waals surface area contributed by atoms with Crippen molar-refractivity contribution < 1.29 is 4.79 Å². The Morgan fingerprint density at radius 1 is 1.40 bits per heavy atom. The molecule has 2 bridgehead atoms. The van der Waals surface area contributed by atoms with Gasteiger partial charge in [-0.1, -0.05) is 6.42 Å². The number of hydrogen-bond donors (Lipinski definition) is 1. The molecule has 2 nitrogen and oxygen atoms in total. The zero-order valence-corrected chi connectivity index (χ0v) is 6.10. The number of ketones is 1. The number of carbonyl (C=O) groups excluding carboxylic acids is 1. The van der Waals surface area contributed by atoms with Crippen LogP contribution in [0.1, 0.15) is 25.7 Å². The summed E-state index contributed by atoms with van der Waals surface area (Å²) in [5, 5.41) is 3.39. The van der Waals surface area contributed by atoms with Crippen molar-refractivity contribution in [3.05, 3.63) is 0 Å². The smallest absolute Gasteiger partial charge is 0.138 e. The van der Waals surface area contributed by atoms with Crippen LogP contribution in [0.5, 0.6) is 0 Å². The van der Waals surface area contributed by atoms with E-state index >= 15 is 0 Å². The van der Waals surface area contributed by atoms with E-state index in [1.807, 2.05) is 0 Å². The van der Waals surface area contributed by atoms with Gasteiger partial charge < -0.3 is 5.32 Å². The summed E-state index contributed by atoms with van der Waals surface area (Å²) in [4.78, 5) is 11.2. The summed E-state index contributed by atoms with van der Waals surface area (Å²) in [5.74, 6) is 0.861. The first-order valence-electron chi connectivity index (χ1n) is 4.12. The maximum atomic E-state index is 11.2. The minimum Gasteiger partial charge on any atom is -0.313 e. The van der Waals surface area contributed by atoms with Crippen LogP contribution in [-0.2, 0) is 4.79 Å². The van der Waals surface area contributed by atoms with E-state index < -0.39 is 0 Å². The summed E-state index contributed by atoms with van der Waals surface area (Å²) in [5.41, 5.74) is 0. The molecular weight excluding hydrogens is 126 g/mol. The molecule has 0 spiro atoms. The maximum Gasteiger partial charge on any atom is 0.138 e. The van der Waals surface area contributed by atoms with Gasteiger partial charge in [-0.25, -0.2) is 0 Å². The van der Waals surface area contributed by atoms with E-state index in [2.05, 4.69) is 5.32 Å². The molecule has 1 N–H and O–H groups in total. The Morgan fingerprint density at radius 3 is 3.10 bits per heavy atom. The number of fused-ring (bicyclic) bond motifs is 4. The highest BCUT2D eigenvalue weighted by Crippen LogP contribution is 2.24. The zero-order valence-electron chi connectivity index (χ0n) is 6.10. The molecule has 0 aromatic heterocycles. The molecule has 2 heteroatoms. The number of hydrogen-bond acceptors (Lipinski definition) is 2. The number of nitrogens with one attached hydrogen (secondary N) is 1. The van der Waals surface area contributed by atoms with Gasteiger partial charge in [0.2, 0.25) is 0 Å². The van der Waals surface area contributed by atoms with Crippen LogP contribution in [0.3, 0.4) is 0 Å². The highest BCUT2D eigenvalue weighted by Gasteiger charge is 2.30. The summed E-state index contributed by atoms with van der Waals surface area (Å²) in [6.45, 7) is 0.948. The van der Waals surface area contributed by atoms with Crippen LogP contribution in [-0.4, -0.2) is 18.4 Å². The van der Waals surface area contributed by atoms with E-state index in [1.54, 1.807) is 0 Å². The van der Waals surface area contributed by atoms with Crippen molar-refractivity contribution in [3.63, 3.8) is 0 Å². The zero-order chi connectivity index (χ0) is 6.97. The molecule has 3 aliphatic rings. The second kappa shape index (κ2) is 2.35. The molecule has 10 heavy (non-hydrogen) atoms. The van der Waals surface area contributed by atoms with Gasteiger partial charge in [-0.15, -0.1) is 0 Å².